The lowest BCUT2D eigenvalue weighted by Gasteiger charge is -1.98. The summed E-state index contributed by atoms with van der Waals surface area (Å²) in [6.07, 6.45) is 3.35. The average molecular weight is 213 g/mol. The van der Waals surface area contributed by atoms with Gasteiger partial charge in [0.05, 0.1) is 0 Å². The van der Waals surface area contributed by atoms with E-state index < -0.39 is 0 Å². The molecule has 1 aliphatic carbocycles. The van der Waals surface area contributed by atoms with Crippen LogP contribution >= 0.6 is 0 Å². The second-order valence-electron chi connectivity index (χ2n) is 4.58. The smallest absolute Gasteiger partial charge is 0.153 e. The van der Waals surface area contributed by atoms with Crippen LogP contribution in [0.15, 0.2) is 24.3 Å². The Bertz CT molecular complexity index is 480. The molecule has 0 atom stereocenters. The second kappa shape index (κ2) is 3.74. The Hall–Kier alpha value is -1.64. The van der Waals surface area contributed by atoms with Crippen molar-refractivity contribution in [1.82, 2.24) is 15.2 Å². The maximum absolute atomic E-state index is 4.52. The molecule has 3 heteroatoms. The van der Waals surface area contributed by atoms with E-state index in [4.69, 9.17) is 0 Å². The highest BCUT2D eigenvalue weighted by Crippen LogP contribution is 2.37. The molecular formula is C13H15N3. The van der Waals surface area contributed by atoms with Crippen LogP contribution in [0.5, 0.6) is 0 Å². The van der Waals surface area contributed by atoms with Crippen molar-refractivity contribution in [3.05, 3.63) is 47.0 Å². The number of aryl methyl sites for hydroxylation is 1. The monoisotopic (exact) mass is 213 g/mol. The maximum Gasteiger partial charge on any atom is 0.153 e. The SMILES string of the molecule is Cc1ccc(Cc2nc(C3CC3)n[nH]2)cc1. The van der Waals surface area contributed by atoms with Gasteiger partial charge in [0.1, 0.15) is 5.82 Å². The Kier molecular flexibility index (Phi) is 2.24. The van der Waals surface area contributed by atoms with E-state index in [9.17, 15) is 0 Å². The van der Waals surface area contributed by atoms with Crippen molar-refractivity contribution >= 4 is 0 Å². The topological polar surface area (TPSA) is 41.6 Å². The Morgan fingerprint density at radius 2 is 2.00 bits per heavy atom. The summed E-state index contributed by atoms with van der Waals surface area (Å²) in [6, 6.07) is 8.56. The molecule has 1 aromatic carbocycles. The van der Waals surface area contributed by atoms with Crippen LogP contribution in [-0.4, -0.2) is 15.2 Å². The molecule has 0 radical (unpaired) electrons. The number of benzene rings is 1. The molecule has 1 N–H and O–H groups in total. The molecule has 1 saturated carbocycles. The number of H-pyrrole nitrogens is 1. The van der Waals surface area contributed by atoms with Gasteiger partial charge in [-0.25, -0.2) is 4.98 Å². The fourth-order valence-electron chi connectivity index (χ4n) is 1.81. The molecule has 1 heterocycles. The van der Waals surface area contributed by atoms with Gasteiger partial charge in [-0.15, -0.1) is 0 Å². The van der Waals surface area contributed by atoms with Crippen molar-refractivity contribution in [3.63, 3.8) is 0 Å². The summed E-state index contributed by atoms with van der Waals surface area (Å²) in [5.74, 6) is 2.61. The fourth-order valence-corrected chi connectivity index (χ4v) is 1.81. The Morgan fingerprint density at radius 1 is 1.25 bits per heavy atom. The number of hydrogen-bond acceptors (Lipinski definition) is 2. The first-order valence-corrected chi connectivity index (χ1v) is 5.78. The lowest BCUT2D eigenvalue weighted by atomic mass is 10.1. The third kappa shape index (κ3) is 1.98. The van der Waals surface area contributed by atoms with Gasteiger partial charge >= 0.3 is 0 Å². The van der Waals surface area contributed by atoms with Crippen LogP contribution < -0.4 is 0 Å². The van der Waals surface area contributed by atoms with Crippen molar-refractivity contribution in [2.75, 3.05) is 0 Å². The van der Waals surface area contributed by atoms with E-state index in [2.05, 4.69) is 46.4 Å². The van der Waals surface area contributed by atoms with Gasteiger partial charge in [-0.1, -0.05) is 29.8 Å². The molecule has 3 nitrogen and oxygen atoms in total. The van der Waals surface area contributed by atoms with Crippen molar-refractivity contribution < 1.29 is 0 Å². The minimum Gasteiger partial charge on any atom is -0.263 e. The quantitative estimate of drug-likeness (QED) is 0.851. The van der Waals surface area contributed by atoms with Crippen molar-refractivity contribution in [1.29, 1.82) is 0 Å². The van der Waals surface area contributed by atoms with Crippen LogP contribution in [0.25, 0.3) is 0 Å². The molecule has 1 aromatic heterocycles. The predicted molar refractivity (Wildman–Crippen MR) is 62.3 cm³/mol. The zero-order chi connectivity index (χ0) is 11.0. The molecule has 0 unspecified atom stereocenters. The summed E-state index contributed by atoms with van der Waals surface area (Å²) in [5.41, 5.74) is 2.57. The van der Waals surface area contributed by atoms with E-state index in [0.717, 1.165) is 18.1 Å². The predicted octanol–water partition coefficient (Wildman–Crippen LogP) is 2.58. The highest BCUT2D eigenvalue weighted by Gasteiger charge is 2.27. The van der Waals surface area contributed by atoms with Gasteiger partial charge in [0.15, 0.2) is 5.82 Å². The molecule has 0 amide bonds. The summed E-state index contributed by atoms with van der Waals surface area (Å²) < 4.78 is 0. The minimum atomic E-state index is 0.628. The molecule has 0 aliphatic heterocycles. The highest BCUT2D eigenvalue weighted by atomic mass is 15.2. The van der Waals surface area contributed by atoms with Crippen LogP contribution in [0.3, 0.4) is 0 Å². The first kappa shape index (κ1) is 9.58. The molecule has 1 fully saturated rings. The van der Waals surface area contributed by atoms with Crippen LogP contribution in [-0.2, 0) is 6.42 Å². The number of rotatable bonds is 3. The first-order valence-electron chi connectivity index (χ1n) is 5.78. The molecule has 0 spiro atoms. The normalized spacial score (nSPS) is 15.3. The van der Waals surface area contributed by atoms with Crippen LogP contribution in [0, 0.1) is 6.92 Å². The van der Waals surface area contributed by atoms with Gasteiger partial charge in [-0.05, 0) is 25.3 Å². The standard InChI is InChI=1S/C13H15N3/c1-9-2-4-10(5-3-9)8-12-14-13(16-15-12)11-6-7-11/h2-5,11H,6-8H2,1H3,(H,14,15,16). The number of aromatic amines is 1. The molecule has 2 aromatic rings. The third-order valence-electron chi connectivity index (χ3n) is 2.98. The van der Waals surface area contributed by atoms with Gasteiger partial charge in [-0.3, -0.25) is 5.10 Å². The van der Waals surface area contributed by atoms with Gasteiger partial charge in [0.2, 0.25) is 0 Å². The summed E-state index contributed by atoms with van der Waals surface area (Å²) in [4.78, 5) is 4.52. The molecule has 3 rings (SSSR count). The molecule has 1 aliphatic rings. The van der Waals surface area contributed by atoms with E-state index in [1.54, 1.807) is 0 Å². The minimum absolute atomic E-state index is 0.628. The fraction of sp³-hybridized carbons (Fsp3) is 0.385. The van der Waals surface area contributed by atoms with Crippen molar-refractivity contribution in [2.45, 2.75) is 32.1 Å². The lowest BCUT2D eigenvalue weighted by Crippen LogP contribution is -1.91. The largest absolute Gasteiger partial charge is 0.263 e. The number of aromatic nitrogens is 3. The van der Waals surface area contributed by atoms with E-state index in [0.29, 0.717) is 5.92 Å². The van der Waals surface area contributed by atoms with E-state index in [1.807, 2.05) is 0 Å². The van der Waals surface area contributed by atoms with Crippen LogP contribution in [0.1, 0.15) is 41.5 Å². The zero-order valence-electron chi connectivity index (χ0n) is 9.40. The number of nitrogens with zero attached hydrogens (tertiary/aromatic N) is 2. The Balaban J connectivity index is 1.75. The zero-order valence-corrected chi connectivity index (χ0v) is 9.40. The Labute approximate surface area is 94.9 Å². The van der Waals surface area contributed by atoms with E-state index in [1.165, 1.54) is 24.0 Å². The van der Waals surface area contributed by atoms with E-state index in [-0.39, 0.29) is 0 Å². The molecule has 0 bridgehead atoms. The maximum atomic E-state index is 4.52. The highest BCUT2D eigenvalue weighted by molar-refractivity contribution is 5.24. The van der Waals surface area contributed by atoms with Crippen LogP contribution in [0.4, 0.5) is 0 Å². The summed E-state index contributed by atoms with van der Waals surface area (Å²) in [7, 11) is 0. The lowest BCUT2D eigenvalue weighted by molar-refractivity contribution is 0.932. The van der Waals surface area contributed by atoms with Crippen molar-refractivity contribution in [2.24, 2.45) is 0 Å². The first-order chi connectivity index (χ1) is 7.81. The van der Waals surface area contributed by atoms with Gasteiger partial charge in [0, 0.05) is 12.3 Å². The van der Waals surface area contributed by atoms with E-state index >= 15 is 0 Å². The number of nitrogens with one attached hydrogen (secondary N) is 1. The van der Waals surface area contributed by atoms with Gasteiger partial charge in [0.25, 0.3) is 0 Å². The molecule has 16 heavy (non-hydrogen) atoms. The Morgan fingerprint density at radius 3 is 2.69 bits per heavy atom. The molecule has 82 valence electrons. The summed E-state index contributed by atoms with van der Waals surface area (Å²) >= 11 is 0. The second-order valence-corrected chi connectivity index (χ2v) is 4.58. The van der Waals surface area contributed by atoms with Crippen molar-refractivity contribution in [3.8, 4) is 0 Å². The van der Waals surface area contributed by atoms with Crippen LogP contribution in [0.2, 0.25) is 0 Å². The molecular weight excluding hydrogens is 198 g/mol. The molecule has 0 saturated heterocycles. The van der Waals surface area contributed by atoms with Gasteiger partial charge in [-0.2, -0.15) is 5.10 Å². The van der Waals surface area contributed by atoms with Gasteiger partial charge < -0.3 is 0 Å². The average Bonchev–Trinajstić information content (AvgIpc) is 3.04. The summed E-state index contributed by atoms with van der Waals surface area (Å²) in [5, 5.41) is 7.28. The summed E-state index contributed by atoms with van der Waals surface area (Å²) in [6.45, 7) is 2.10. The number of hydrogen-bond donors (Lipinski definition) is 1. The third-order valence-corrected chi connectivity index (χ3v) is 2.98.